The highest BCUT2D eigenvalue weighted by atomic mass is 32.2. The monoisotopic (exact) mass is 266 g/mol. The van der Waals surface area contributed by atoms with Gasteiger partial charge in [-0.3, -0.25) is 0 Å². The zero-order valence-electron chi connectivity index (χ0n) is 10.5. The molecule has 0 radical (unpaired) electrons. The first kappa shape index (κ1) is 12.0. The largest absolute Gasteiger partial charge is 0.388 e. The number of rotatable bonds is 3. The summed E-state index contributed by atoms with van der Waals surface area (Å²) in [5.74, 6) is 0.585. The van der Waals surface area contributed by atoms with E-state index in [-0.39, 0.29) is 6.04 Å². The first-order valence-electron chi connectivity index (χ1n) is 6.41. The topological polar surface area (TPSA) is 49.4 Å². The number of hydrogen-bond acceptors (Lipinski definition) is 3. The van der Waals surface area contributed by atoms with Gasteiger partial charge in [0.2, 0.25) is 10.0 Å². The zero-order chi connectivity index (χ0) is 12.8. The molecule has 98 valence electrons. The van der Waals surface area contributed by atoms with E-state index < -0.39 is 10.0 Å². The Balaban J connectivity index is 1.89. The van der Waals surface area contributed by atoms with E-state index in [0.29, 0.717) is 17.4 Å². The second-order valence-electron chi connectivity index (χ2n) is 5.18. The third kappa shape index (κ3) is 1.82. The normalized spacial score (nSPS) is 27.6. The Kier molecular flexibility index (Phi) is 2.83. The molecule has 1 saturated carbocycles. The van der Waals surface area contributed by atoms with Crippen molar-refractivity contribution in [1.82, 2.24) is 4.31 Å². The standard InChI is InChI=1S/C13H18N2O2S/c1-14-11-3-6-13(7-4-11)18(16,17)15-9-10-2-5-12(15)8-10/h3-4,6-7,10,12,14H,2,5,8-9H2,1H3. The molecule has 1 saturated heterocycles. The van der Waals surface area contributed by atoms with Gasteiger partial charge in [-0.15, -0.1) is 0 Å². The van der Waals surface area contributed by atoms with Crippen molar-refractivity contribution in [3.8, 4) is 0 Å². The maximum atomic E-state index is 12.5. The summed E-state index contributed by atoms with van der Waals surface area (Å²) in [6, 6.07) is 7.23. The Morgan fingerprint density at radius 3 is 2.44 bits per heavy atom. The summed E-state index contributed by atoms with van der Waals surface area (Å²) in [7, 11) is -1.47. The van der Waals surface area contributed by atoms with Gasteiger partial charge in [-0.05, 0) is 49.4 Å². The molecule has 2 bridgehead atoms. The van der Waals surface area contributed by atoms with E-state index in [2.05, 4.69) is 5.32 Å². The highest BCUT2D eigenvalue weighted by Crippen LogP contribution is 2.40. The fourth-order valence-corrected chi connectivity index (χ4v) is 4.84. The molecule has 1 heterocycles. The van der Waals surface area contributed by atoms with Crippen molar-refractivity contribution < 1.29 is 8.42 Å². The molecule has 2 fully saturated rings. The summed E-state index contributed by atoms with van der Waals surface area (Å²) in [6.45, 7) is 0.709. The Morgan fingerprint density at radius 1 is 1.22 bits per heavy atom. The summed E-state index contributed by atoms with van der Waals surface area (Å²) < 4.78 is 26.8. The summed E-state index contributed by atoms with van der Waals surface area (Å²) in [5, 5.41) is 2.99. The second-order valence-corrected chi connectivity index (χ2v) is 7.07. The number of nitrogens with zero attached hydrogens (tertiary/aromatic N) is 1. The van der Waals surface area contributed by atoms with E-state index in [4.69, 9.17) is 0 Å². The molecule has 5 heteroatoms. The van der Waals surface area contributed by atoms with Crippen LogP contribution in [-0.4, -0.2) is 32.4 Å². The van der Waals surface area contributed by atoms with Gasteiger partial charge in [-0.25, -0.2) is 8.42 Å². The average Bonchev–Trinajstić information content (AvgIpc) is 3.01. The molecule has 1 N–H and O–H groups in total. The van der Waals surface area contributed by atoms with Gasteiger partial charge in [0.15, 0.2) is 0 Å². The SMILES string of the molecule is CNc1ccc(S(=O)(=O)N2CC3CCC2C3)cc1. The highest BCUT2D eigenvalue weighted by Gasteiger charge is 2.44. The van der Waals surface area contributed by atoms with Crippen molar-refractivity contribution in [2.24, 2.45) is 5.92 Å². The van der Waals surface area contributed by atoms with Crippen LogP contribution in [0.25, 0.3) is 0 Å². The van der Waals surface area contributed by atoms with Crippen molar-refractivity contribution in [1.29, 1.82) is 0 Å². The van der Waals surface area contributed by atoms with Crippen LogP contribution in [0.2, 0.25) is 0 Å². The van der Waals surface area contributed by atoms with Crippen molar-refractivity contribution in [2.75, 3.05) is 18.9 Å². The summed E-state index contributed by atoms with van der Waals surface area (Å²) in [5.41, 5.74) is 0.928. The molecule has 1 aliphatic carbocycles. The fourth-order valence-electron chi connectivity index (χ4n) is 3.10. The van der Waals surface area contributed by atoms with Crippen molar-refractivity contribution in [3.63, 3.8) is 0 Å². The van der Waals surface area contributed by atoms with E-state index >= 15 is 0 Å². The number of benzene rings is 1. The van der Waals surface area contributed by atoms with Crippen molar-refractivity contribution in [2.45, 2.75) is 30.2 Å². The van der Waals surface area contributed by atoms with Crippen molar-refractivity contribution >= 4 is 15.7 Å². The van der Waals surface area contributed by atoms with Crippen LogP contribution < -0.4 is 5.32 Å². The first-order valence-corrected chi connectivity index (χ1v) is 7.85. The van der Waals surface area contributed by atoms with Gasteiger partial charge in [-0.2, -0.15) is 4.31 Å². The van der Waals surface area contributed by atoms with E-state index in [1.807, 2.05) is 7.05 Å². The quantitative estimate of drug-likeness (QED) is 0.909. The molecule has 4 nitrogen and oxygen atoms in total. The number of nitrogens with one attached hydrogen (secondary N) is 1. The van der Waals surface area contributed by atoms with Gasteiger partial charge in [0.1, 0.15) is 0 Å². The molecule has 3 rings (SSSR count). The van der Waals surface area contributed by atoms with E-state index in [1.54, 1.807) is 28.6 Å². The molecule has 2 atom stereocenters. The molecule has 1 aromatic rings. The van der Waals surface area contributed by atoms with Crippen LogP contribution in [0, 0.1) is 5.92 Å². The van der Waals surface area contributed by atoms with Crippen LogP contribution in [-0.2, 0) is 10.0 Å². The van der Waals surface area contributed by atoms with Gasteiger partial charge in [0, 0.05) is 25.3 Å². The summed E-state index contributed by atoms with van der Waals surface area (Å²) in [6.07, 6.45) is 3.27. The minimum absolute atomic E-state index is 0.240. The van der Waals surface area contributed by atoms with E-state index in [9.17, 15) is 8.42 Å². The Bertz CT molecular complexity index is 539. The minimum atomic E-state index is -3.29. The number of sulfonamides is 1. The fraction of sp³-hybridized carbons (Fsp3) is 0.538. The smallest absolute Gasteiger partial charge is 0.243 e. The molecule has 1 aromatic carbocycles. The van der Waals surface area contributed by atoms with Gasteiger partial charge in [-0.1, -0.05) is 0 Å². The maximum Gasteiger partial charge on any atom is 0.243 e. The Labute approximate surface area is 108 Å². The Hall–Kier alpha value is -1.07. The van der Waals surface area contributed by atoms with E-state index in [1.165, 1.54) is 6.42 Å². The number of hydrogen-bond donors (Lipinski definition) is 1. The predicted molar refractivity (Wildman–Crippen MR) is 71.0 cm³/mol. The van der Waals surface area contributed by atoms with Crippen LogP contribution in [0.5, 0.6) is 0 Å². The van der Waals surface area contributed by atoms with E-state index in [0.717, 1.165) is 18.5 Å². The van der Waals surface area contributed by atoms with Gasteiger partial charge >= 0.3 is 0 Å². The summed E-state index contributed by atoms with van der Waals surface area (Å²) in [4.78, 5) is 0.411. The van der Waals surface area contributed by atoms with Crippen molar-refractivity contribution in [3.05, 3.63) is 24.3 Å². The zero-order valence-corrected chi connectivity index (χ0v) is 11.3. The molecule has 0 aromatic heterocycles. The molecule has 1 aliphatic heterocycles. The van der Waals surface area contributed by atoms with Crippen LogP contribution in [0.15, 0.2) is 29.2 Å². The highest BCUT2D eigenvalue weighted by molar-refractivity contribution is 7.89. The maximum absolute atomic E-state index is 12.5. The molecular formula is C13H18N2O2S. The second kappa shape index (κ2) is 4.24. The molecule has 2 aliphatic rings. The third-order valence-electron chi connectivity index (χ3n) is 4.11. The van der Waals surface area contributed by atoms with Crippen LogP contribution >= 0.6 is 0 Å². The van der Waals surface area contributed by atoms with Gasteiger partial charge in [0.25, 0.3) is 0 Å². The molecule has 2 unspecified atom stereocenters. The average molecular weight is 266 g/mol. The molecule has 18 heavy (non-hydrogen) atoms. The number of piperidine rings is 1. The molecular weight excluding hydrogens is 248 g/mol. The summed E-state index contributed by atoms with van der Waals surface area (Å²) >= 11 is 0. The predicted octanol–water partition coefficient (Wildman–Crippen LogP) is 1.90. The molecule has 0 spiro atoms. The molecule has 0 amide bonds. The van der Waals surface area contributed by atoms with Crippen LogP contribution in [0.3, 0.4) is 0 Å². The number of anilines is 1. The number of fused-ring (bicyclic) bond motifs is 2. The van der Waals surface area contributed by atoms with Crippen LogP contribution in [0.1, 0.15) is 19.3 Å². The first-order chi connectivity index (χ1) is 8.61. The lowest BCUT2D eigenvalue weighted by Gasteiger charge is -2.26. The lowest BCUT2D eigenvalue weighted by atomic mass is 10.1. The van der Waals surface area contributed by atoms with Gasteiger partial charge in [0.05, 0.1) is 4.90 Å². The lowest BCUT2D eigenvalue weighted by molar-refractivity contribution is 0.333. The van der Waals surface area contributed by atoms with Crippen LogP contribution in [0.4, 0.5) is 5.69 Å². The lowest BCUT2D eigenvalue weighted by Crippen LogP contribution is -2.37. The minimum Gasteiger partial charge on any atom is -0.388 e. The Morgan fingerprint density at radius 2 is 1.94 bits per heavy atom. The van der Waals surface area contributed by atoms with Gasteiger partial charge < -0.3 is 5.32 Å². The third-order valence-corrected chi connectivity index (χ3v) is 6.04.